The summed E-state index contributed by atoms with van der Waals surface area (Å²) in [4.78, 5) is 0. The quantitative estimate of drug-likeness (QED) is 0.161. The molecule has 67 heavy (non-hydrogen) atoms. The van der Waals surface area contributed by atoms with Gasteiger partial charge in [-0.15, -0.1) is 0 Å². The Bertz CT molecular complexity index is 3890. The van der Waals surface area contributed by atoms with E-state index < -0.39 is 0 Å². The van der Waals surface area contributed by atoms with Gasteiger partial charge in [-0.1, -0.05) is 140 Å². The molecule has 0 unspecified atom stereocenters. The van der Waals surface area contributed by atoms with E-state index in [1.165, 1.54) is 65.9 Å². The molecule has 0 atom stereocenters. The van der Waals surface area contributed by atoms with Gasteiger partial charge >= 0.3 is 0 Å². The molecule has 314 valence electrons. The van der Waals surface area contributed by atoms with Gasteiger partial charge in [0.2, 0.25) is 0 Å². The van der Waals surface area contributed by atoms with Crippen LogP contribution in [0.4, 0.5) is 0 Å². The molecule has 0 spiro atoms. The highest BCUT2D eigenvalue weighted by molar-refractivity contribution is 6.98. The van der Waals surface area contributed by atoms with Crippen molar-refractivity contribution >= 4 is 66.7 Å². The van der Waals surface area contributed by atoms with E-state index in [2.05, 4.69) is 235 Å². The van der Waals surface area contributed by atoms with E-state index in [-0.39, 0.29) is 6.71 Å². The minimum atomic E-state index is -0.0480. The molecule has 14 rings (SSSR count). The number of nitrogens with zero attached hydrogens (tertiary/aromatic N) is 2. The highest BCUT2D eigenvalue weighted by Crippen LogP contribution is 2.43. The van der Waals surface area contributed by atoms with Gasteiger partial charge in [0, 0.05) is 38.4 Å². The number of aryl methyl sites for hydroxylation is 2. The van der Waals surface area contributed by atoms with Crippen LogP contribution >= 0.6 is 0 Å². The van der Waals surface area contributed by atoms with E-state index in [4.69, 9.17) is 9.47 Å². The molecule has 5 heteroatoms. The lowest BCUT2D eigenvalue weighted by Gasteiger charge is -2.34. The van der Waals surface area contributed by atoms with Crippen molar-refractivity contribution in [2.24, 2.45) is 0 Å². The van der Waals surface area contributed by atoms with Crippen molar-refractivity contribution in [3.63, 3.8) is 0 Å². The van der Waals surface area contributed by atoms with Crippen LogP contribution in [-0.2, 0) is 0 Å². The van der Waals surface area contributed by atoms with Crippen LogP contribution in [-0.4, -0.2) is 15.8 Å². The zero-order valence-electron chi connectivity index (χ0n) is 37.0. The second kappa shape index (κ2) is 14.5. The molecule has 0 saturated carbocycles. The maximum Gasteiger partial charge on any atom is 0.260 e. The summed E-state index contributed by atoms with van der Waals surface area (Å²) in [6, 6.07) is 76.9. The summed E-state index contributed by atoms with van der Waals surface area (Å²) >= 11 is 0. The first-order valence-corrected chi connectivity index (χ1v) is 23.1. The Kier molecular flexibility index (Phi) is 8.17. The first-order chi connectivity index (χ1) is 33.0. The first-order valence-electron chi connectivity index (χ1n) is 23.1. The monoisotopic (exact) mass is 856 g/mol. The smallest absolute Gasteiger partial charge is 0.260 e. The molecular formula is C62H41BN2O2. The van der Waals surface area contributed by atoms with Crippen LogP contribution in [0.5, 0.6) is 23.0 Å². The van der Waals surface area contributed by atoms with Crippen LogP contribution in [0.25, 0.3) is 88.4 Å². The lowest BCUT2D eigenvalue weighted by Crippen LogP contribution is -2.57. The number of ether oxygens (including phenoxy) is 2. The average Bonchev–Trinajstić information content (AvgIpc) is 3.87. The standard InChI is InChI=1S/C62H41BN2O2/c1-38-14-6-8-18-46(38)41-26-30-52-58(32-41)66-60-34-43(35-61-62(60)63(52)53-31-27-42(33-59(53)67-61)47-19-9-7-15-39(47)2)40-24-28-45(29-25-40)65-55-23-13-11-21-49(55)51-36-50-48-20-10-12-22-54(48)64(56(50)37-57(51)65)44-16-4-3-5-17-44/h3-37H,1-2H3. The van der Waals surface area contributed by atoms with Gasteiger partial charge in [0.05, 0.1) is 22.1 Å². The Morgan fingerprint density at radius 3 is 1.31 bits per heavy atom. The SMILES string of the molecule is Cc1ccccc1-c1ccc2c(c1)Oc1cc(-c3ccc(-n4c5ccccc5c5cc6c7ccccc7n(-c7ccccc7)c6cc54)cc3)cc3c1B2c1ccc(-c2ccccc2C)cc1O3. The van der Waals surface area contributed by atoms with E-state index in [0.29, 0.717) is 0 Å². The van der Waals surface area contributed by atoms with Gasteiger partial charge in [-0.3, -0.25) is 0 Å². The Labute approximate surface area is 388 Å². The van der Waals surface area contributed by atoms with Crippen molar-refractivity contribution in [1.82, 2.24) is 9.13 Å². The van der Waals surface area contributed by atoms with Gasteiger partial charge in [0.15, 0.2) is 0 Å². The van der Waals surface area contributed by atoms with Crippen molar-refractivity contribution in [2.75, 3.05) is 0 Å². The molecule has 0 amide bonds. The highest BCUT2D eigenvalue weighted by atomic mass is 16.5. The minimum Gasteiger partial charge on any atom is -0.458 e. The van der Waals surface area contributed by atoms with Crippen LogP contribution in [0.15, 0.2) is 212 Å². The number of hydrogen-bond acceptors (Lipinski definition) is 2. The summed E-state index contributed by atoms with van der Waals surface area (Å²) in [6.45, 7) is 4.29. The van der Waals surface area contributed by atoms with Crippen LogP contribution in [0.1, 0.15) is 11.1 Å². The summed E-state index contributed by atoms with van der Waals surface area (Å²) in [7, 11) is 0. The maximum absolute atomic E-state index is 7.00. The summed E-state index contributed by atoms with van der Waals surface area (Å²) < 4.78 is 18.8. The summed E-state index contributed by atoms with van der Waals surface area (Å²) in [5.74, 6) is 3.40. The first kappa shape index (κ1) is 37.8. The van der Waals surface area contributed by atoms with Gasteiger partial charge in [0.25, 0.3) is 6.71 Å². The number of hydrogen-bond donors (Lipinski definition) is 0. The van der Waals surface area contributed by atoms with E-state index in [9.17, 15) is 0 Å². The molecule has 12 aromatic rings. The summed E-state index contributed by atoms with van der Waals surface area (Å²) in [6.07, 6.45) is 0. The van der Waals surface area contributed by atoms with Crippen molar-refractivity contribution in [1.29, 1.82) is 0 Å². The molecule has 2 aliphatic heterocycles. The van der Waals surface area contributed by atoms with E-state index in [1.54, 1.807) is 0 Å². The van der Waals surface area contributed by atoms with Crippen LogP contribution < -0.4 is 25.9 Å². The number of aromatic nitrogens is 2. The maximum atomic E-state index is 7.00. The highest BCUT2D eigenvalue weighted by Gasteiger charge is 2.41. The Hall–Kier alpha value is -8.54. The van der Waals surface area contributed by atoms with Crippen molar-refractivity contribution in [3.05, 3.63) is 223 Å². The number of rotatable bonds is 5. The third-order valence-corrected chi connectivity index (χ3v) is 14.3. The van der Waals surface area contributed by atoms with Gasteiger partial charge in [0.1, 0.15) is 23.0 Å². The van der Waals surface area contributed by atoms with E-state index in [0.717, 1.165) is 73.0 Å². The second-order valence-electron chi connectivity index (χ2n) is 18.1. The molecule has 0 saturated heterocycles. The Morgan fingerprint density at radius 1 is 0.328 bits per heavy atom. The van der Waals surface area contributed by atoms with Crippen molar-refractivity contribution < 1.29 is 9.47 Å². The molecule has 10 aromatic carbocycles. The molecule has 0 fully saturated rings. The van der Waals surface area contributed by atoms with E-state index >= 15 is 0 Å². The summed E-state index contributed by atoms with van der Waals surface area (Å²) in [5.41, 5.74) is 19.6. The molecular weight excluding hydrogens is 816 g/mol. The normalized spacial score (nSPS) is 12.5. The van der Waals surface area contributed by atoms with Crippen molar-refractivity contribution in [3.8, 4) is 67.8 Å². The molecule has 0 N–H and O–H groups in total. The van der Waals surface area contributed by atoms with Crippen LogP contribution in [0, 0.1) is 13.8 Å². The topological polar surface area (TPSA) is 28.3 Å². The largest absolute Gasteiger partial charge is 0.458 e. The Balaban J connectivity index is 0.917. The number of fused-ring (bicyclic) bond motifs is 10. The predicted molar refractivity (Wildman–Crippen MR) is 279 cm³/mol. The van der Waals surface area contributed by atoms with E-state index in [1.807, 2.05) is 0 Å². The summed E-state index contributed by atoms with van der Waals surface area (Å²) in [5, 5.41) is 4.96. The van der Waals surface area contributed by atoms with Gasteiger partial charge in [-0.2, -0.15) is 0 Å². The second-order valence-corrected chi connectivity index (χ2v) is 18.1. The lowest BCUT2D eigenvalue weighted by molar-refractivity contribution is 0.465. The average molecular weight is 857 g/mol. The van der Waals surface area contributed by atoms with Gasteiger partial charge in [-0.25, -0.2) is 0 Å². The molecule has 2 aromatic heterocycles. The minimum absolute atomic E-state index is 0.0480. The zero-order chi connectivity index (χ0) is 44.3. The number of benzene rings is 10. The fraction of sp³-hybridized carbons (Fsp3) is 0.0323. The third kappa shape index (κ3) is 5.74. The molecule has 4 nitrogen and oxygen atoms in total. The number of para-hydroxylation sites is 3. The molecule has 0 aliphatic carbocycles. The molecule has 2 aliphatic rings. The van der Waals surface area contributed by atoms with Crippen LogP contribution in [0.2, 0.25) is 0 Å². The molecule has 0 radical (unpaired) electrons. The zero-order valence-corrected chi connectivity index (χ0v) is 37.0. The third-order valence-electron chi connectivity index (χ3n) is 14.3. The fourth-order valence-corrected chi connectivity index (χ4v) is 11.2. The van der Waals surface area contributed by atoms with Gasteiger partial charge in [-0.05, 0) is 142 Å². The fourth-order valence-electron chi connectivity index (χ4n) is 11.2. The molecule has 0 bridgehead atoms. The van der Waals surface area contributed by atoms with Crippen molar-refractivity contribution in [2.45, 2.75) is 13.8 Å². The molecule has 4 heterocycles. The Morgan fingerprint density at radius 2 is 0.776 bits per heavy atom. The lowest BCUT2D eigenvalue weighted by atomic mass is 9.34. The van der Waals surface area contributed by atoms with Gasteiger partial charge < -0.3 is 18.6 Å². The predicted octanol–water partition coefficient (Wildman–Crippen LogP) is 14.2. The van der Waals surface area contributed by atoms with Crippen LogP contribution in [0.3, 0.4) is 0 Å².